The number of hydrogen-bond acceptors (Lipinski definition) is 3. The van der Waals surface area contributed by atoms with E-state index >= 15 is 0 Å². The fraction of sp³-hybridized carbons (Fsp3) is 1.00. The Balaban J connectivity index is 4.02. The highest BCUT2D eigenvalue weighted by molar-refractivity contribution is 4.53. The van der Waals surface area contributed by atoms with Crippen LogP contribution in [0.15, 0.2) is 0 Å². The smallest absolute Gasteiger partial charge is 0.139 e. The van der Waals surface area contributed by atoms with Crippen LogP contribution in [0.3, 0.4) is 0 Å². The standard InChI is InChI=1S/C8H21N2O2/c1-4-8(9)10(2,3)5-7(12)6-11/h7-8,11-12H,4-6,9H2,1-3H3/q+1. The Morgan fingerprint density at radius 2 is 1.92 bits per heavy atom. The zero-order chi connectivity index (χ0) is 9.78. The zero-order valence-electron chi connectivity index (χ0n) is 8.20. The number of aliphatic hydroxyl groups excluding tert-OH is 2. The molecule has 0 aromatic heterocycles. The predicted molar refractivity (Wildman–Crippen MR) is 48.3 cm³/mol. The van der Waals surface area contributed by atoms with Crippen molar-refractivity contribution in [1.82, 2.24) is 0 Å². The quantitative estimate of drug-likeness (QED) is 0.377. The van der Waals surface area contributed by atoms with Crippen LogP contribution in [0.1, 0.15) is 13.3 Å². The van der Waals surface area contributed by atoms with Gasteiger partial charge in [0.25, 0.3) is 0 Å². The molecule has 0 amide bonds. The fourth-order valence-electron chi connectivity index (χ4n) is 1.23. The molecule has 0 aliphatic rings. The van der Waals surface area contributed by atoms with Crippen LogP contribution in [0.5, 0.6) is 0 Å². The maximum atomic E-state index is 9.22. The van der Waals surface area contributed by atoms with E-state index in [2.05, 4.69) is 0 Å². The average Bonchev–Trinajstić information content (AvgIpc) is 2.02. The minimum Gasteiger partial charge on any atom is -0.393 e. The van der Waals surface area contributed by atoms with Gasteiger partial charge in [0.2, 0.25) is 0 Å². The zero-order valence-corrected chi connectivity index (χ0v) is 8.20. The van der Waals surface area contributed by atoms with Crippen LogP contribution >= 0.6 is 0 Å². The lowest BCUT2D eigenvalue weighted by atomic mass is 10.2. The summed E-state index contributed by atoms with van der Waals surface area (Å²) >= 11 is 0. The summed E-state index contributed by atoms with van der Waals surface area (Å²) in [7, 11) is 3.90. The van der Waals surface area contributed by atoms with Crippen LogP contribution in [0.4, 0.5) is 0 Å². The summed E-state index contributed by atoms with van der Waals surface area (Å²) in [5.41, 5.74) is 5.83. The van der Waals surface area contributed by atoms with E-state index in [1.165, 1.54) is 0 Å². The van der Waals surface area contributed by atoms with Gasteiger partial charge in [-0.25, -0.2) is 0 Å². The number of rotatable bonds is 5. The molecule has 0 spiro atoms. The van der Waals surface area contributed by atoms with Crippen LogP contribution < -0.4 is 5.73 Å². The predicted octanol–water partition coefficient (Wildman–Crippen LogP) is -0.889. The van der Waals surface area contributed by atoms with Gasteiger partial charge >= 0.3 is 0 Å². The monoisotopic (exact) mass is 177 g/mol. The maximum absolute atomic E-state index is 9.22. The van der Waals surface area contributed by atoms with Crippen LogP contribution in [0.2, 0.25) is 0 Å². The van der Waals surface area contributed by atoms with Gasteiger partial charge in [-0.1, -0.05) is 6.92 Å². The lowest BCUT2D eigenvalue weighted by molar-refractivity contribution is -0.917. The Kier molecular flexibility index (Phi) is 4.70. The van der Waals surface area contributed by atoms with Gasteiger partial charge in [-0.05, 0) is 0 Å². The lowest BCUT2D eigenvalue weighted by Crippen LogP contribution is -2.57. The third-order valence-electron chi connectivity index (χ3n) is 2.21. The van der Waals surface area contributed by atoms with E-state index in [0.29, 0.717) is 11.0 Å². The van der Waals surface area contributed by atoms with Crippen LogP contribution in [-0.4, -0.2) is 54.2 Å². The fourth-order valence-corrected chi connectivity index (χ4v) is 1.23. The van der Waals surface area contributed by atoms with Crippen molar-refractivity contribution in [3.05, 3.63) is 0 Å². The Hall–Kier alpha value is -0.160. The summed E-state index contributed by atoms with van der Waals surface area (Å²) in [5, 5.41) is 17.9. The molecule has 2 unspecified atom stereocenters. The Morgan fingerprint density at radius 3 is 2.25 bits per heavy atom. The Morgan fingerprint density at radius 1 is 1.42 bits per heavy atom. The molecule has 0 aliphatic heterocycles. The summed E-state index contributed by atoms with van der Waals surface area (Å²) < 4.78 is 0.540. The van der Waals surface area contributed by atoms with E-state index < -0.39 is 6.10 Å². The molecule has 0 aromatic carbocycles. The molecule has 0 rings (SSSR count). The minimum atomic E-state index is -0.669. The molecule has 4 heteroatoms. The highest BCUT2D eigenvalue weighted by Crippen LogP contribution is 2.06. The third kappa shape index (κ3) is 3.49. The maximum Gasteiger partial charge on any atom is 0.139 e. The third-order valence-corrected chi connectivity index (χ3v) is 2.21. The molecule has 0 aliphatic carbocycles. The number of nitrogens with two attached hydrogens (primary N) is 1. The lowest BCUT2D eigenvalue weighted by Gasteiger charge is -2.36. The molecular weight excluding hydrogens is 156 g/mol. The molecule has 4 nitrogen and oxygen atoms in total. The molecule has 12 heavy (non-hydrogen) atoms. The summed E-state index contributed by atoms with van der Waals surface area (Å²) in [6.07, 6.45) is 0.217. The first-order valence-electron chi connectivity index (χ1n) is 4.31. The van der Waals surface area contributed by atoms with Crippen molar-refractivity contribution in [3.8, 4) is 0 Å². The summed E-state index contributed by atoms with van der Waals surface area (Å²) in [6.45, 7) is 2.31. The number of likely N-dealkylation sites (N-methyl/N-ethyl adjacent to an activating group) is 1. The van der Waals surface area contributed by atoms with Gasteiger partial charge in [0.15, 0.2) is 0 Å². The largest absolute Gasteiger partial charge is 0.393 e. The van der Waals surface area contributed by atoms with Crippen molar-refractivity contribution in [2.45, 2.75) is 25.6 Å². The number of aliphatic hydroxyl groups is 2. The van der Waals surface area contributed by atoms with E-state index in [1.54, 1.807) is 0 Å². The van der Waals surface area contributed by atoms with E-state index in [0.717, 1.165) is 6.42 Å². The van der Waals surface area contributed by atoms with Gasteiger partial charge in [-0.3, -0.25) is 5.73 Å². The van der Waals surface area contributed by atoms with E-state index in [4.69, 9.17) is 10.8 Å². The molecule has 74 valence electrons. The first kappa shape index (κ1) is 11.8. The minimum absolute atomic E-state index is 0.0196. The first-order valence-corrected chi connectivity index (χ1v) is 4.31. The van der Waals surface area contributed by atoms with Crippen molar-refractivity contribution in [2.24, 2.45) is 5.73 Å². The summed E-state index contributed by atoms with van der Waals surface area (Å²) in [4.78, 5) is 0. The molecular formula is C8H21N2O2+. The molecule has 2 atom stereocenters. The molecule has 0 bridgehead atoms. The second kappa shape index (κ2) is 4.77. The highest BCUT2D eigenvalue weighted by atomic mass is 16.3. The van der Waals surface area contributed by atoms with Gasteiger partial charge < -0.3 is 14.7 Å². The topological polar surface area (TPSA) is 66.5 Å². The number of nitrogens with zero attached hydrogens (tertiary/aromatic N) is 1. The molecule has 4 N–H and O–H groups in total. The molecule has 0 saturated heterocycles. The van der Waals surface area contributed by atoms with E-state index in [1.807, 2.05) is 21.0 Å². The number of quaternary nitrogens is 1. The molecule has 0 fully saturated rings. The van der Waals surface area contributed by atoms with Gasteiger partial charge in [-0.2, -0.15) is 0 Å². The number of hydrogen-bond donors (Lipinski definition) is 3. The Labute approximate surface area is 74.2 Å². The average molecular weight is 177 g/mol. The Bertz CT molecular complexity index is 128. The van der Waals surface area contributed by atoms with Gasteiger partial charge in [0, 0.05) is 6.42 Å². The van der Waals surface area contributed by atoms with Gasteiger partial charge in [-0.15, -0.1) is 0 Å². The molecule has 0 saturated carbocycles. The first-order chi connectivity index (χ1) is 5.44. The normalized spacial score (nSPS) is 17.5. The summed E-state index contributed by atoms with van der Waals surface area (Å²) in [6, 6.07) is 0. The van der Waals surface area contributed by atoms with Crippen molar-refractivity contribution >= 4 is 0 Å². The molecule has 0 heterocycles. The summed E-state index contributed by atoms with van der Waals surface area (Å²) in [5.74, 6) is 0. The van der Waals surface area contributed by atoms with Crippen molar-refractivity contribution < 1.29 is 14.7 Å². The van der Waals surface area contributed by atoms with Crippen LogP contribution in [0.25, 0.3) is 0 Å². The van der Waals surface area contributed by atoms with Crippen molar-refractivity contribution in [1.29, 1.82) is 0 Å². The van der Waals surface area contributed by atoms with Crippen molar-refractivity contribution in [3.63, 3.8) is 0 Å². The second-order valence-corrected chi connectivity index (χ2v) is 3.77. The molecule has 0 radical (unpaired) electrons. The van der Waals surface area contributed by atoms with Crippen molar-refractivity contribution in [2.75, 3.05) is 27.2 Å². The van der Waals surface area contributed by atoms with Crippen LogP contribution in [-0.2, 0) is 0 Å². The van der Waals surface area contributed by atoms with E-state index in [9.17, 15) is 5.11 Å². The van der Waals surface area contributed by atoms with Gasteiger partial charge in [0.05, 0.1) is 20.7 Å². The SMILES string of the molecule is CCC(N)[N+](C)(C)CC(O)CO. The highest BCUT2D eigenvalue weighted by Gasteiger charge is 2.25. The molecule has 0 aromatic rings. The second-order valence-electron chi connectivity index (χ2n) is 3.77. The van der Waals surface area contributed by atoms with E-state index in [-0.39, 0.29) is 12.8 Å². The van der Waals surface area contributed by atoms with Gasteiger partial charge in [0.1, 0.15) is 18.8 Å². The van der Waals surface area contributed by atoms with Crippen LogP contribution in [0, 0.1) is 0 Å².